The summed E-state index contributed by atoms with van der Waals surface area (Å²) in [6, 6.07) is 0.0950. The highest BCUT2D eigenvalue weighted by molar-refractivity contribution is 5.73. The molecule has 4 atom stereocenters. The molecule has 0 aromatic carbocycles. The fourth-order valence-corrected chi connectivity index (χ4v) is 4.00. The number of amides is 1. The zero-order chi connectivity index (χ0) is 18.1. The topological polar surface area (TPSA) is 70.1 Å². The number of nitrogens with zero attached hydrogens (tertiary/aromatic N) is 2. The molecule has 2 aliphatic heterocycles. The predicted molar refractivity (Wildman–Crippen MR) is 91.9 cm³/mol. The number of piperidine rings is 2. The van der Waals surface area contributed by atoms with Crippen LogP contribution in [0.2, 0.25) is 0 Å². The summed E-state index contributed by atoms with van der Waals surface area (Å²) in [7, 11) is 0. The second-order valence-corrected chi connectivity index (χ2v) is 8.71. The van der Waals surface area contributed by atoms with Crippen LogP contribution >= 0.6 is 0 Å². The first-order valence-corrected chi connectivity index (χ1v) is 9.00. The van der Waals surface area contributed by atoms with Gasteiger partial charge in [-0.25, -0.2) is 4.79 Å². The average Bonchev–Trinajstić information content (AvgIpc) is 2.43. The number of ether oxygens (including phenoxy) is 1. The van der Waals surface area contributed by atoms with E-state index in [0.717, 1.165) is 13.1 Å². The van der Waals surface area contributed by atoms with Crippen molar-refractivity contribution in [3.63, 3.8) is 0 Å². The Hall–Kier alpha value is -1.30. The third-order valence-electron chi connectivity index (χ3n) is 4.84. The molecule has 1 N–H and O–H groups in total. The Balaban J connectivity index is 2.10. The molecule has 6 nitrogen and oxygen atoms in total. The van der Waals surface area contributed by atoms with Gasteiger partial charge in [0.1, 0.15) is 5.60 Å². The van der Waals surface area contributed by atoms with Crippen LogP contribution in [0.15, 0.2) is 0 Å². The normalized spacial score (nSPS) is 32.5. The Morgan fingerprint density at radius 3 is 2.08 bits per heavy atom. The molecule has 0 radical (unpaired) electrons. The lowest BCUT2D eigenvalue weighted by atomic mass is 9.87. The molecule has 1 amide bonds. The number of likely N-dealkylation sites (tertiary alicyclic amines) is 2. The van der Waals surface area contributed by atoms with E-state index >= 15 is 0 Å². The van der Waals surface area contributed by atoms with Gasteiger partial charge in [-0.15, -0.1) is 0 Å². The van der Waals surface area contributed by atoms with Crippen molar-refractivity contribution in [1.29, 1.82) is 0 Å². The minimum atomic E-state index is -0.827. The molecule has 2 rings (SSSR count). The number of rotatable bonds is 2. The number of hydrogen-bond donors (Lipinski definition) is 1. The predicted octanol–water partition coefficient (Wildman–Crippen LogP) is 2.67. The fourth-order valence-electron chi connectivity index (χ4n) is 4.00. The van der Waals surface area contributed by atoms with E-state index in [4.69, 9.17) is 4.74 Å². The third-order valence-corrected chi connectivity index (χ3v) is 4.84. The van der Waals surface area contributed by atoms with Crippen LogP contribution in [0.3, 0.4) is 0 Å². The van der Waals surface area contributed by atoms with Gasteiger partial charge in [-0.2, -0.15) is 0 Å². The standard InChI is InChI=1S/C18H32N2O4/c1-12-6-13(2)9-19(8-12)15-7-14(16(21)22)10-20(11-15)17(23)24-18(3,4)5/h12-15H,6-11H2,1-5H3,(H,21,22). The SMILES string of the molecule is CC1CC(C)CN(C2CC(C(=O)O)CN(C(=O)OC(C)(C)C)C2)C1. The van der Waals surface area contributed by atoms with Gasteiger partial charge < -0.3 is 14.7 Å². The molecule has 2 saturated heterocycles. The molecule has 0 saturated carbocycles. The second-order valence-electron chi connectivity index (χ2n) is 8.71. The molecule has 0 aliphatic carbocycles. The van der Waals surface area contributed by atoms with Crippen LogP contribution < -0.4 is 0 Å². The smallest absolute Gasteiger partial charge is 0.410 e. The number of carbonyl (C=O) groups excluding carboxylic acids is 1. The van der Waals surface area contributed by atoms with Crippen molar-refractivity contribution in [1.82, 2.24) is 9.80 Å². The molecule has 2 aliphatic rings. The van der Waals surface area contributed by atoms with Crippen molar-refractivity contribution in [3.05, 3.63) is 0 Å². The highest BCUT2D eigenvalue weighted by atomic mass is 16.6. The van der Waals surface area contributed by atoms with Crippen LogP contribution in [-0.4, -0.2) is 64.8 Å². The minimum Gasteiger partial charge on any atom is -0.481 e. The summed E-state index contributed by atoms with van der Waals surface area (Å²) in [5.74, 6) is -0.141. The van der Waals surface area contributed by atoms with E-state index < -0.39 is 23.6 Å². The summed E-state index contributed by atoms with van der Waals surface area (Å²) in [4.78, 5) is 28.0. The molecule has 0 bridgehead atoms. The maximum atomic E-state index is 12.4. The Morgan fingerprint density at radius 1 is 1.00 bits per heavy atom. The Morgan fingerprint density at radius 2 is 1.58 bits per heavy atom. The largest absolute Gasteiger partial charge is 0.481 e. The van der Waals surface area contributed by atoms with E-state index in [9.17, 15) is 14.7 Å². The number of hydrogen-bond acceptors (Lipinski definition) is 4. The molecule has 6 heteroatoms. The van der Waals surface area contributed by atoms with Crippen molar-refractivity contribution in [2.24, 2.45) is 17.8 Å². The van der Waals surface area contributed by atoms with Gasteiger partial charge >= 0.3 is 12.1 Å². The summed E-state index contributed by atoms with van der Waals surface area (Å²) in [6.45, 7) is 12.7. The lowest BCUT2D eigenvalue weighted by molar-refractivity contribution is -0.144. The molecule has 0 spiro atoms. The lowest BCUT2D eigenvalue weighted by Crippen LogP contribution is -2.57. The molecule has 24 heavy (non-hydrogen) atoms. The van der Waals surface area contributed by atoms with E-state index in [0.29, 0.717) is 24.8 Å². The van der Waals surface area contributed by atoms with Gasteiger partial charge in [0.2, 0.25) is 0 Å². The summed E-state index contributed by atoms with van der Waals surface area (Å²) in [5, 5.41) is 9.49. The van der Waals surface area contributed by atoms with Crippen LogP contribution in [0.1, 0.15) is 47.5 Å². The number of carboxylic acid groups (broad SMARTS) is 1. The highest BCUT2D eigenvalue weighted by Gasteiger charge is 2.39. The van der Waals surface area contributed by atoms with Crippen molar-refractivity contribution < 1.29 is 19.4 Å². The first kappa shape index (κ1) is 19.0. The second kappa shape index (κ2) is 7.30. The first-order valence-electron chi connectivity index (χ1n) is 9.00. The average molecular weight is 340 g/mol. The van der Waals surface area contributed by atoms with Crippen molar-refractivity contribution in [2.45, 2.75) is 59.1 Å². The van der Waals surface area contributed by atoms with E-state index in [1.807, 2.05) is 20.8 Å². The lowest BCUT2D eigenvalue weighted by Gasteiger charge is -2.45. The van der Waals surface area contributed by atoms with Crippen LogP contribution in [-0.2, 0) is 9.53 Å². The van der Waals surface area contributed by atoms with Crippen molar-refractivity contribution in [3.8, 4) is 0 Å². The Bertz CT molecular complexity index is 464. The van der Waals surface area contributed by atoms with Crippen LogP contribution in [0.5, 0.6) is 0 Å². The molecule has 2 heterocycles. The third kappa shape index (κ3) is 5.10. The quantitative estimate of drug-likeness (QED) is 0.837. The van der Waals surface area contributed by atoms with Crippen molar-refractivity contribution >= 4 is 12.1 Å². The van der Waals surface area contributed by atoms with Gasteiger partial charge in [-0.05, 0) is 45.4 Å². The Labute approximate surface area is 145 Å². The van der Waals surface area contributed by atoms with E-state index in [1.54, 1.807) is 4.90 Å². The highest BCUT2D eigenvalue weighted by Crippen LogP contribution is 2.28. The molecule has 138 valence electrons. The van der Waals surface area contributed by atoms with Gasteiger partial charge in [-0.3, -0.25) is 9.69 Å². The summed E-state index contributed by atoms with van der Waals surface area (Å²) in [5.41, 5.74) is -0.573. The first-order chi connectivity index (χ1) is 11.0. The summed E-state index contributed by atoms with van der Waals surface area (Å²) < 4.78 is 5.46. The molecular formula is C18H32N2O4. The molecule has 2 fully saturated rings. The van der Waals surface area contributed by atoms with Gasteiger partial charge in [0.25, 0.3) is 0 Å². The molecule has 0 aromatic rings. The number of carbonyl (C=O) groups is 2. The van der Waals surface area contributed by atoms with Gasteiger partial charge in [0.15, 0.2) is 0 Å². The fraction of sp³-hybridized carbons (Fsp3) is 0.889. The maximum Gasteiger partial charge on any atom is 0.410 e. The number of carboxylic acids is 1. The zero-order valence-electron chi connectivity index (χ0n) is 15.6. The summed E-state index contributed by atoms with van der Waals surface area (Å²) >= 11 is 0. The number of aliphatic carboxylic acids is 1. The van der Waals surface area contributed by atoms with Gasteiger partial charge in [0.05, 0.1) is 5.92 Å². The van der Waals surface area contributed by atoms with Crippen LogP contribution in [0.25, 0.3) is 0 Å². The van der Waals surface area contributed by atoms with Gasteiger partial charge in [0, 0.05) is 32.2 Å². The van der Waals surface area contributed by atoms with E-state index in [-0.39, 0.29) is 12.6 Å². The molecule has 0 aromatic heterocycles. The zero-order valence-corrected chi connectivity index (χ0v) is 15.6. The minimum absolute atomic E-state index is 0.0950. The molecule has 4 unspecified atom stereocenters. The van der Waals surface area contributed by atoms with E-state index in [1.165, 1.54) is 6.42 Å². The van der Waals surface area contributed by atoms with E-state index in [2.05, 4.69) is 18.7 Å². The van der Waals surface area contributed by atoms with Crippen LogP contribution in [0.4, 0.5) is 4.79 Å². The Kier molecular flexibility index (Phi) is 5.78. The van der Waals surface area contributed by atoms with Crippen molar-refractivity contribution in [2.75, 3.05) is 26.2 Å². The van der Waals surface area contributed by atoms with Crippen LogP contribution in [0, 0.1) is 17.8 Å². The molecular weight excluding hydrogens is 308 g/mol. The monoisotopic (exact) mass is 340 g/mol. The maximum absolute atomic E-state index is 12.4. The summed E-state index contributed by atoms with van der Waals surface area (Å²) in [6.07, 6.45) is 1.41. The van der Waals surface area contributed by atoms with Gasteiger partial charge in [-0.1, -0.05) is 13.8 Å².